The Morgan fingerprint density at radius 2 is 2.31 bits per heavy atom. The van der Waals surface area contributed by atoms with Gasteiger partial charge in [-0.3, -0.25) is 0 Å². The fourth-order valence-corrected chi connectivity index (χ4v) is 1.35. The van der Waals surface area contributed by atoms with Gasteiger partial charge in [-0.2, -0.15) is 0 Å². The molecule has 1 heterocycles. The van der Waals surface area contributed by atoms with E-state index in [1.54, 1.807) is 18.2 Å². The summed E-state index contributed by atoms with van der Waals surface area (Å²) in [6.45, 7) is 0. The van der Waals surface area contributed by atoms with Crippen molar-refractivity contribution in [2.75, 3.05) is 0 Å². The Morgan fingerprint density at radius 3 is 3.00 bits per heavy atom. The molecule has 0 spiro atoms. The second-order valence-corrected chi connectivity index (χ2v) is 2.86. The van der Waals surface area contributed by atoms with Gasteiger partial charge in [-0.25, -0.2) is 4.79 Å². The predicted molar refractivity (Wildman–Crippen MR) is 46.0 cm³/mol. The highest BCUT2D eigenvalue weighted by atomic mass is 35.5. The number of hydrogen-bond acceptors (Lipinski definition) is 3. The lowest BCUT2D eigenvalue weighted by Crippen LogP contribution is -1.96. The number of carboxylic acid groups (broad SMARTS) is 1. The van der Waals surface area contributed by atoms with Gasteiger partial charge in [0.25, 0.3) is 0 Å². The van der Waals surface area contributed by atoms with Crippen molar-refractivity contribution in [2.45, 2.75) is 0 Å². The number of fused-ring (bicyclic) bond motifs is 1. The minimum absolute atomic E-state index is 0.152. The summed E-state index contributed by atoms with van der Waals surface area (Å²) in [5.74, 6) is -1.15. The lowest BCUT2D eigenvalue weighted by atomic mass is 10.2. The zero-order chi connectivity index (χ0) is 9.42. The maximum atomic E-state index is 10.6. The predicted octanol–water partition coefficient (Wildman–Crippen LogP) is 2.18. The molecule has 1 N–H and O–H groups in total. The van der Waals surface area contributed by atoms with Crippen molar-refractivity contribution in [1.82, 2.24) is 5.16 Å². The third-order valence-corrected chi connectivity index (χ3v) is 1.97. The van der Waals surface area contributed by atoms with Crippen LogP contribution in [-0.4, -0.2) is 16.2 Å². The average molecular weight is 198 g/mol. The Hall–Kier alpha value is -1.55. The molecular weight excluding hydrogens is 194 g/mol. The molecular formula is C8H4ClNO3. The Bertz CT molecular complexity index is 477. The molecule has 2 rings (SSSR count). The van der Waals surface area contributed by atoms with Crippen LogP contribution >= 0.6 is 11.6 Å². The van der Waals surface area contributed by atoms with Crippen LogP contribution in [0.5, 0.6) is 0 Å². The van der Waals surface area contributed by atoms with Gasteiger partial charge in [0.1, 0.15) is 0 Å². The van der Waals surface area contributed by atoms with Crippen molar-refractivity contribution in [3.63, 3.8) is 0 Å². The highest BCUT2D eigenvalue weighted by Crippen LogP contribution is 2.26. The fraction of sp³-hybridized carbons (Fsp3) is 0. The summed E-state index contributed by atoms with van der Waals surface area (Å²) in [6.07, 6.45) is 0. The van der Waals surface area contributed by atoms with Crippen LogP contribution in [0.1, 0.15) is 10.5 Å². The normalized spacial score (nSPS) is 10.5. The highest BCUT2D eigenvalue weighted by molar-refractivity contribution is 6.36. The van der Waals surface area contributed by atoms with Crippen LogP contribution in [0.25, 0.3) is 11.0 Å². The van der Waals surface area contributed by atoms with E-state index in [-0.39, 0.29) is 5.69 Å². The fourth-order valence-electron chi connectivity index (χ4n) is 1.10. The molecule has 1 aromatic carbocycles. The second-order valence-electron chi connectivity index (χ2n) is 2.45. The molecule has 0 atom stereocenters. The van der Waals surface area contributed by atoms with E-state index in [2.05, 4.69) is 5.16 Å². The Kier molecular flexibility index (Phi) is 1.70. The number of rotatable bonds is 1. The van der Waals surface area contributed by atoms with Crippen LogP contribution in [0.2, 0.25) is 5.02 Å². The molecule has 0 amide bonds. The van der Waals surface area contributed by atoms with Crippen molar-refractivity contribution in [3.05, 3.63) is 28.9 Å². The van der Waals surface area contributed by atoms with Gasteiger partial charge in [-0.05, 0) is 12.1 Å². The standard InChI is InChI=1S/C8H4ClNO3/c9-4-2-1-3-5-6(4)7(8(11)12)10-13-5/h1-3H,(H,11,12). The van der Waals surface area contributed by atoms with Crippen LogP contribution < -0.4 is 0 Å². The molecule has 2 aromatic rings. The van der Waals surface area contributed by atoms with Crippen molar-refractivity contribution in [1.29, 1.82) is 0 Å². The molecule has 0 aliphatic heterocycles. The van der Waals surface area contributed by atoms with E-state index >= 15 is 0 Å². The topological polar surface area (TPSA) is 63.3 Å². The van der Waals surface area contributed by atoms with Crippen molar-refractivity contribution in [2.24, 2.45) is 0 Å². The minimum atomic E-state index is -1.15. The monoisotopic (exact) mass is 197 g/mol. The summed E-state index contributed by atoms with van der Waals surface area (Å²) in [5, 5.41) is 12.8. The summed E-state index contributed by atoms with van der Waals surface area (Å²) in [7, 11) is 0. The first-order chi connectivity index (χ1) is 6.20. The molecule has 0 unspecified atom stereocenters. The molecule has 13 heavy (non-hydrogen) atoms. The third kappa shape index (κ3) is 1.15. The summed E-state index contributed by atoms with van der Waals surface area (Å²) in [5.41, 5.74) is 0.227. The summed E-state index contributed by atoms with van der Waals surface area (Å²) in [4.78, 5) is 10.6. The van der Waals surface area contributed by atoms with Crippen LogP contribution in [-0.2, 0) is 0 Å². The number of carboxylic acids is 1. The van der Waals surface area contributed by atoms with E-state index in [1.807, 2.05) is 0 Å². The first kappa shape index (κ1) is 8.07. The molecule has 0 fully saturated rings. The van der Waals surface area contributed by atoms with Crippen LogP contribution in [0.4, 0.5) is 0 Å². The van der Waals surface area contributed by atoms with Gasteiger partial charge in [-0.1, -0.05) is 22.8 Å². The van der Waals surface area contributed by atoms with Crippen LogP contribution in [0.3, 0.4) is 0 Å². The zero-order valence-corrected chi connectivity index (χ0v) is 7.08. The van der Waals surface area contributed by atoms with E-state index in [0.717, 1.165) is 0 Å². The lowest BCUT2D eigenvalue weighted by molar-refractivity contribution is 0.0688. The van der Waals surface area contributed by atoms with Gasteiger partial charge in [0, 0.05) is 0 Å². The Labute approximate surface area is 77.7 Å². The van der Waals surface area contributed by atoms with Gasteiger partial charge in [-0.15, -0.1) is 0 Å². The summed E-state index contributed by atoms with van der Waals surface area (Å²) >= 11 is 5.78. The van der Waals surface area contributed by atoms with Crippen molar-refractivity contribution < 1.29 is 14.4 Å². The zero-order valence-electron chi connectivity index (χ0n) is 6.32. The van der Waals surface area contributed by atoms with Gasteiger partial charge in [0.15, 0.2) is 5.58 Å². The molecule has 66 valence electrons. The van der Waals surface area contributed by atoms with Crippen LogP contribution in [0.15, 0.2) is 22.7 Å². The Balaban J connectivity index is 2.86. The van der Waals surface area contributed by atoms with Gasteiger partial charge in [0.05, 0.1) is 10.4 Å². The number of carbonyl (C=O) groups is 1. The maximum Gasteiger partial charge on any atom is 0.358 e. The highest BCUT2D eigenvalue weighted by Gasteiger charge is 2.16. The van der Waals surface area contributed by atoms with E-state index in [9.17, 15) is 4.79 Å². The first-order valence-electron chi connectivity index (χ1n) is 3.47. The van der Waals surface area contributed by atoms with E-state index in [4.69, 9.17) is 21.2 Å². The molecule has 0 aliphatic carbocycles. The minimum Gasteiger partial charge on any atom is -0.476 e. The molecule has 1 aromatic heterocycles. The number of nitrogens with zero attached hydrogens (tertiary/aromatic N) is 1. The van der Waals surface area contributed by atoms with Crippen molar-refractivity contribution >= 4 is 28.5 Å². The molecule has 0 radical (unpaired) electrons. The Morgan fingerprint density at radius 1 is 1.54 bits per heavy atom. The first-order valence-corrected chi connectivity index (χ1v) is 3.85. The number of halogens is 1. The van der Waals surface area contributed by atoms with E-state index in [0.29, 0.717) is 16.0 Å². The summed E-state index contributed by atoms with van der Waals surface area (Å²) in [6, 6.07) is 4.87. The van der Waals surface area contributed by atoms with Gasteiger partial charge >= 0.3 is 5.97 Å². The van der Waals surface area contributed by atoms with E-state index in [1.165, 1.54) is 0 Å². The number of aromatic carboxylic acids is 1. The largest absolute Gasteiger partial charge is 0.476 e. The number of aromatic nitrogens is 1. The van der Waals surface area contributed by atoms with Crippen LogP contribution in [0, 0.1) is 0 Å². The molecule has 0 aliphatic rings. The number of hydrogen-bond donors (Lipinski definition) is 1. The maximum absolute atomic E-state index is 10.6. The van der Waals surface area contributed by atoms with E-state index < -0.39 is 5.97 Å². The molecule has 0 saturated heterocycles. The van der Waals surface area contributed by atoms with Crippen molar-refractivity contribution in [3.8, 4) is 0 Å². The quantitative estimate of drug-likeness (QED) is 0.761. The number of benzene rings is 1. The van der Waals surface area contributed by atoms with Gasteiger partial charge < -0.3 is 9.63 Å². The van der Waals surface area contributed by atoms with Gasteiger partial charge in [0.2, 0.25) is 5.69 Å². The molecule has 0 saturated carbocycles. The SMILES string of the molecule is O=C(O)c1noc2cccc(Cl)c12. The third-order valence-electron chi connectivity index (χ3n) is 1.65. The molecule has 0 bridgehead atoms. The second kappa shape index (κ2) is 2.74. The average Bonchev–Trinajstić information content (AvgIpc) is 2.49. The molecule has 4 nitrogen and oxygen atoms in total. The lowest BCUT2D eigenvalue weighted by Gasteiger charge is -1.90. The smallest absolute Gasteiger partial charge is 0.358 e. The molecule has 5 heteroatoms. The summed E-state index contributed by atoms with van der Waals surface area (Å²) < 4.78 is 4.78.